The van der Waals surface area contributed by atoms with Crippen molar-refractivity contribution >= 4 is 29.2 Å². The van der Waals surface area contributed by atoms with E-state index >= 15 is 0 Å². The lowest BCUT2D eigenvalue weighted by Crippen LogP contribution is -2.43. The lowest BCUT2D eigenvalue weighted by Gasteiger charge is -2.11. The fraction of sp³-hybridized carbons (Fsp3) is 0.462. The molecule has 0 radical (unpaired) electrons. The maximum Gasteiger partial charge on any atom is 0.349 e. The molecule has 0 fully saturated rings. The number of amides is 3. The third-order valence-electron chi connectivity index (χ3n) is 3.06. The van der Waals surface area contributed by atoms with Crippen LogP contribution in [0.25, 0.3) is 0 Å². The first-order valence-corrected chi connectivity index (χ1v) is 7.18. The smallest absolute Gasteiger partial charge is 0.349 e. The van der Waals surface area contributed by atoms with Gasteiger partial charge in [-0.05, 0) is 37.8 Å². The van der Waals surface area contributed by atoms with Crippen LogP contribution >= 0.6 is 11.3 Å². The molecule has 0 bridgehead atoms. The van der Waals surface area contributed by atoms with E-state index in [0.29, 0.717) is 4.88 Å². The largest absolute Gasteiger partial charge is 0.448 e. The lowest BCUT2D eigenvalue weighted by atomic mass is 10.2. The summed E-state index contributed by atoms with van der Waals surface area (Å²) >= 11 is 1.42. The van der Waals surface area contributed by atoms with Crippen LogP contribution in [0.5, 0.6) is 0 Å². The molecule has 6 nitrogen and oxygen atoms in total. The molecule has 1 aliphatic rings. The van der Waals surface area contributed by atoms with Gasteiger partial charge in [-0.2, -0.15) is 0 Å². The molecule has 1 heterocycles. The van der Waals surface area contributed by atoms with Gasteiger partial charge in [0.25, 0.3) is 5.91 Å². The van der Waals surface area contributed by atoms with E-state index in [9.17, 15) is 14.4 Å². The molecule has 0 spiro atoms. The van der Waals surface area contributed by atoms with Gasteiger partial charge < -0.3 is 10.1 Å². The second-order valence-corrected chi connectivity index (χ2v) is 5.67. The van der Waals surface area contributed by atoms with E-state index in [1.54, 1.807) is 0 Å². The van der Waals surface area contributed by atoms with E-state index < -0.39 is 24.0 Å². The predicted molar refractivity (Wildman–Crippen MR) is 73.8 cm³/mol. The van der Waals surface area contributed by atoms with Gasteiger partial charge in [-0.25, -0.2) is 9.59 Å². The molecule has 2 rings (SSSR count). The molecule has 0 unspecified atom stereocenters. The van der Waals surface area contributed by atoms with E-state index in [2.05, 4.69) is 10.6 Å². The van der Waals surface area contributed by atoms with Crippen molar-refractivity contribution in [3.05, 3.63) is 21.4 Å². The molecule has 108 valence electrons. The van der Waals surface area contributed by atoms with Crippen molar-refractivity contribution in [3.8, 4) is 0 Å². The van der Waals surface area contributed by atoms with E-state index in [1.165, 1.54) is 35.7 Å². The van der Waals surface area contributed by atoms with Crippen LogP contribution in [0, 0.1) is 0 Å². The van der Waals surface area contributed by atoms with Crippen molar-refractivity contribution in [1.82, 2.24) is 10.6 Å². The number of carbonyl (C=O) groups is 3. The van der Waals surface area contributed by atoms with Gasteiger partial charge in [-0.15, -0.1) is 11.3 Å². The molecular formula is C13H16N2O4S. The standard InChI is InChI=1S/C13H16N2O4S/c1-7(11(16)15-13(18)14-2)19-12(17)10-6-8-4-3-5-9(8)20-10/h6-7H,3-5H2,1-2H3,(H2,14,15,16,18)/t7-/m1/s1. The van der Waals surface area contributed by atoms with Gasteiger partial charge in [0.15, 0.2) is 6.10 Å². The summed E-state index contributed by atoms with van der Waals surface area (Å²) in [5.41, 5.74) is 1.20. The molecule has 2 N–H and O–H groups in total. The minimum atomic E-state index is -1.02. The number of carbonyl (C=O) groups excluding carboxylic acids is 3. The first kappa shape index (κ1) is 14.5. The van der Waals surface area contributed by atoms with Crippen molar-refractivity contribution in [3.63, 3.8) is 0 Å². The molecule has 3 amide bonds. The number of imide groups is 1. The number of hydrogen-bond acceptors (Lipinski definition) is 5. The number of rotatable bonds is 3. The molecule has 0 aromatic carbocycles. The van der Waals surface area contributed by atoms with Crippen LogP contribution < -0.4 is 10.6 Å². The van der Waals surface area contributed by atoms with E-state index in [1.807, 2.05) is 6.07 Å². The summed E-state index contributed by atoms with van der Waals surface area (Å²) in [6.45, 7) is 1.43. The number of hydrogen-bond donors (Lipinski definition) is 2. The van der Waals surface area contributed by atoms with Crippen molar-refractivity contribution in [2.45, 2.75) is 32.3 Å². The van der Waals surface area contributed by atoms with E-state index in [4.69, 9.17) is 4.74 Å². The average molecular weight is 296 g/mol. The first-order valence-electron chi connectivity index (χ1n) is 6.36. The summed E-state index contributed by atoms with van der Waals surface area (Å²) in [6.07, 6.45) is 2.10. The molecule has 0 aliphatic heterocycles. The molecule has 1 aromatic heterocycles. The summed E-state index contributed by atoms with van der Waals surface area (Å²) in [5.74, 6) is -1.18. The van der Waals surface area contributed by atoms with Crippen molar-refractivity contribution in [2.24, 2.45) is 0 Å². The normalized spacial score (nSPS) is 14.3. The van der Waals surface area contributed by atoms with Crippen LogP contribution in [0.1, 0.15) is 33.5 Å². The fourth-order valence-electron chi connectivity index (χ4n) is 1.98. The maximum atomic E-state index is 11.9. The zero-order valence-electron chi connectivity index (χ0n) is 11.3. The Morgan fingerprint density at radius 3 is 2.75 bits per heavy atom. The van der Waals surface area contributed by atoms with Crippen LogP contribution in [0.4, 0.5) is 4.79 Å². The minimum Gasteiger partial charge on any atom is -0.448 e. The number of esters is 1. The summed E-state index contributed by atoms with van der Waals surface area (Å²) in [7, 11) is 1.40. The Labute approximate surface area is 120 Å². The second-order valence-electron chi connectivity index (χ2n) is 4.53. The van der Waals surface area contributed by atoms with Crippen molar-refractivity contribution in [2.75, 3.05) is 7.05 Å². The second kappa shape index (κ2) is 6.04. The highest BCUT2D eigenvalue weighted by Gasteiger charge is 2.23. The number of ether oxygens (including phenoxy) is 1. The third kappa shape index (κ3) is 3.16. The van der Waals surface area contributed by atoms with E-state index in [-0.39, 0.29) is 0 Å². The fourth-order valence-corrected chi connectivity index (χ4v) is 3.11. The van der Waals surface area contributed by atoms with Gasteiger partial charge in [-0.1, -0.05) is 0 Å². The summed E-state index contributed by atoms with van der Waals surface area (Å²) in [6, 6.07) is 1.20. The number of aryl methyl sites for hydroxylation is 2. The van der Waals surface area contributed by atoms with Crippen LogP contribution in [-0.4, -0.2) is 31.1 Å². The van der Waals surface area contributed by atoms with Gasteiger partial charge in [0, 0.05) is 11.9 Å². The van der Waals surface area contributed by atoms with Crippen LogP contribution in [0.2, 0.25) is 0 Å². The summed E-state index contributed by atoms with van der Waals surface area (Å²) in [4.78, 5) is 36.2. The SMILES string of the molecule is CNC(=O)NC(=O)[C@@H](C)OC(=O)c1cc2c(s1)CCC2. The van der Waals surface area contributed by atoms with Crippen molar-refractivity contribution < 1.29 is 19.1 Å². The minimum absolute atomic E-state index is 0.509. The monoisotopic (exact) mass is 296 g/mol. The number of thiophene rings is 1. The van der Waals surface area contributed by atoms with Crippen LogP contribution in [-0.2, 0) is 22.4 Å². The Morgan fingerprint density at radius 1 is 1.35 bits per heavy atom. The number of nitrogens with one attached hydrogen (secondary N) is 2. The van der Waals surface area contributed by atoms with Gasteiger partial charge in [0.2, 0.25) is 0 Å². The predicted octanol–water partition coefficient (Wildman–Crippen LogP) is 1.24. The number of fused-ring (bicyclic) bond motifs is 1. The zero-order chi connectivity index (χ0) is 14.7. The van der Waals surface area contributed by atoms with Gasteiger partial charge in [0.05, 0.1) is 0 Å². The molecule has 1 aliphatic carbocycles. The molecular weight excluding hydrogens is 280 g/mol. The molecule has 1 atom stereocenters. The Kier molecular flexibility index (Phi) is 4.39. The summed E-state index contributed by atoms with van der Waals surface area (Å²) in [5, 5.41) is 4.31. The molecule has 7 heteroatoms. The van der Waals surface area contributed by atoms with Crippen LogP contribution in [0.3, 0.4) is 0 Å². The highest BCUT2D eigenvalue weighted by Crippen LogP contribution is 2.31. The highest BCUT2D eigenvalue weighted by atomic mass is 32.1. The van der Waals surface area contributed by atoms with Gasteiger partial charge in [0.1, 0.15) is 4.88 Å². The van der Waals surface area contributed by atoms with E-state index in [0.717, 1.165) is 19.3 Å². The Morgan fingerprint density at radius 2 is 2.10 bits per heavy atom. The van der Waals surface area contributed by atoms with Crippen LogP contribution in [0.15, 0.2) is 6.07 Å². The topological polar surface area (TPSA) is 84.5 Å². The molecule has 0 saturated carbocycles. The molecule has 0 saturated heterocycles. The summed E-state index contributed by atoms with van der Waals surface area (Å²) < 4.78 is 5.06. The first-order chi connectivity index (χ1) is 9.51. The Balaban J connectivity index is 1.93. The maximum absolute atomic E-state index is 11.9. The Bertz CT molecular complexity index is 531. The lowest BCUT2D eigenvalue weighted by molar-refractivity contribution is -0.127. The Hall–Kier alpha value is -1.89. The average Bonchev–Trinajstić information content (AvgIpc) is 2.98. The van der Waals surface area contributed by atoms with Crippen molar-refractivity contribution in [1.29, 1.82) is 0 Å². The van der Waals surface area contributed by atoms with Gasteiger partial charge in [-0.3, -0.25) is 10.1 Å². The highest BCUT2D eigenvalue weighted by molar-refractivity contribution is 7.14. The zero-order valence-corrected chi connectivity index (χ0v) is 12.1. The van der Waals surface area contributed by atoms with Gasteiger partial charge >= 0.3 is 12.0 Å². The molecule has 20 heavy (non-hydrogen) atoms. The quantitative estimate of drug-likeness (QED) is 0.822. The third-order valence-corrected chi connectivity index (χ3v) is 4.28. The molecule has 1 aromatic rings. The number of urea groups is 1.